The lowest BCUT2D eigenvalue weighted by Gasteiger charge is -2.11. The largest absolute Gasteiger partial charge is 0.493 e. The summed E-state index contributed by atoms with van der Waals surface area (Å²) in [5, 5.41) is 6.20. The van der Waals surface area contributed by atoms with Crippen molar-refractivity contribution < 1.29 is 14.3 Å². The van der Waals surface area contributed by atoms with Gasteiger partial charge < -0.3 is 20.1 Å². The molecule has 0 aliphatic rings. The number of hydrogen-bond donors (Lipinski definition) is 2. The van der Waals surface area contributed by atoms with Crippen molar-refractivity contribution in [1.29, 1.82) is 0 Å². The monoisotopic (exact) mass is 342 g/mol. The Bertz CT molecular complexity index is 729. The second-order valence-corrected chi connectivity index (χ2v) is 5.94. The van der Waals surface area contributed by atoms with E-state index < -0.39 is 0 Å². The molecule has 2 N–H and O–H groups in total. The summed E-state index contributed by atoms with van der Waals surface area (Å²) >= 11 is 0. The highest BCUT2D eigenvalue weighted by Crippen LogP contribution is 2.27. The van der Waals surface area contributed by atoms with Gasteiger partial charge in [-0.3, -0.25) is 4.79 Å². The Morgan fingerprint density at radius 3 is 2.40 bits per heavy atom. The van der Waals surface area contributed by atoms with E-state index in [9.17, 15) is 4.79 Å². The van der Waals surface area contributed by atoms with Crippen LogP contribution in [-0.4, -0.2) is 26.7 Å². The van der Waals surface area contributed by atoms with Gasteiger partial charge in [0.1, 0.15) is 0 Å². The summed E-state index contributed by atoms with van der Waals surface area (Å²) in [6.07, 6.45) is 0.417. The third-order valence-electron chi connectivity index (χ3n) is 4.13. The minimum atomic E-state index is 0.00567. The van der Waals surface area contributed by atoms with Gasteiger partial charge in [0, 0.05) is 25.2 Å². The van der Waals surface area contributed by atoms with Crippen LogP contribution in [0.25, 0.3) is 0 Å². The van der Waals surface area contributed by atoms with Gasteiger partial charge in [-0.25, -0.2) is 0 Å². The number of ether oxygens (including phenoxy) is 2. The van der Waals surface area contributed by atoms with E-state index in [0.29, 0.717) is 31.0 Å². The van der Waals surface area contributed by atoms with Crippen molar-refractivity contribution >= 4 is 11.6 Å². The molecule has 0 aliphatic carbocycles. The first-order valence-electron chi connectivity index (χ1n) is 8.32. The minimum absolute atomic E-state index is 0.00567. The zero-order valence-corrected chi connectivity index (χ0v) is 15.3. The first-order chi connectivity index (χ1) is 12.0. The van der Waals surface area contributed by atoms with Crippen LogP contribution in [0.1, 0.15) is 23.1 Å². The molecule has 25 heavy (non-hydrogen) atoms. The van der Waals surface area contributed by atoms with Crippen molar-refractivity contribution in [2.24, 2.45) is 0 Å². The molecule has 2 aromatic rings. The molecule has 0 heterocycles. The molecule has 0 radical (unpaired) electrons. The third-order valence-corrected chi connectivity index (χ3v) is 4.13. The maximum Gasteiger partial charge on any atom is 0.222 e. The third kappa shape index (κ3) is 5.41. The maximum absolute atomic E-state index is 12.0. The van der Waals surface area contributed by atoms with Crippen LogP contribution >= 0.6 is 0 Å². The molecule has 2 rings (SSSR count). The topological polar surface area (TPSA) is 59.6 Å². The molecule has 0 aromatic heterocycles. The molecule has 0 bridgehead atoms. The fraction of sp³-hybridized carbons (Fsp3) is 0.350. The van der Waals surface area contributed by atoms with Gasteiger partial charge in [0.25, 0.3) is 0 Å². The molecule has 0 saturated heterocycles. The summed E-state index contributed by atoms with van der Waals surface area (Å²) in [5.74, 6) is 1.34. The Hall–Kier alpha value is -2.69. The number of amides is 1. The Kier molecular flexibility index (Phi) is 6.69. The quantitative estimate of drug-likeness (QED) is 0.771. The van der Waals surface area contributed by atoms with Crippen LogP contribution in [0.2, 0.25) is 0 Å². The molecule has 134 valence electrons. The minimum Gasteiger partial charge on any atom is -0.493 e. The highest BCUT2D eigenvalue weighted by molar-refractivity contribution is 5.76. The normalized spacial score (nSPS) is 10.2. The van der Waals surface area contributed by atoms with Crippen LogP contribution < -0.4 is 20.1 Å². The van der Waals surface area contributed by atoms with Crippen molar-refractivity contribution in [3.8, 4) is 11.5 Å². The Balaban J connectivity index is 1.78. The summed E-state index contributed by atoms with van der Waals surface area (Å²) in [5.41, 5.74) is 4.50. The maximum atomic E-state index is 12.0. The van der Waals surface area contributed by atoms with Gasteiger partial charge in [0.2, 0.25) is 5.91 Å². The van der Waals surface area contributed by atoms with E-state index in [4.69, 9.17) is 9.47 Å². The molecule has 2 aromatic carbocycles. The molecule has 1 amide bonds. The van der Waals surface area contributed by atoms with Crippen molar-refractivity contribution in [1.82, 2.24) is 5.32 Å². The van der Waals surface area contributed by atoms with Gasteiger partial charge in [-0.05, 0) is 54.8 Å². The van der Waals surface area contributed by atoms with E-state index in [1.807, 2.05) is 24.3 Å². The number of carbonyl (C=O) groups excluding carboxylic acids is 1. The number of methoxy groups -OCH3 is 2. The average molecular weight is 342 g/mol. The van der Waals surface area contributed by atoms with Crippen molar-refractivity contribution in [2.75, 3.05) is 26.1 Å². The molecule has 0 saturated carbocycles. The lowest BCUT2D eigenvalue weighted by Crippen LogP contribution is -2.24. The molecular formula is C20H26N2O3. The molecule has 0 spiro atoms. The molecule has 0 aliphatic heterocycles. The van der Waals surface area contributed by atoms with Gasteiger partial charge in [0.05, 0.1) is 14.2 Å². The van der Waals surface area contributed by atoms with Crippen molar-refractivity contribution in [3.63, 3.8) is 0 Å². The summed E-state index contributed by atoms with van der Waals surface area (Å²) in [6, 6.07) is 11.8. The Morgan fingerprint density at radius 1 is 0.960 bits per heavy atom. The van der Waals surface area contributed by atoms with Gasteiger partial charge in [-0.1, -0.05) is 12.1 Å². The summed E-state index contributed by atoms with van der Waals surface area (Å²) < 4.78 is 10.5. The number of nitrogens with one attached hydrogen (secondary N) is 2. The van der Waals surface area contributed by atoms with E-state index in [1.54, 1.807) is 14.2 Å². The number of anilines is 1. The number of hydrogen-bond acceptors (Lipinski definition) is 4. The Labute approximate surface area is 149 Å². The fourth-order valence-corrected chi connectivity index (χ4v) is 2.45. The predicted molar refractivity (Wildman–Crippen MR) is 100 cm³/mol. The second-order valence-electron chi connectivity index (χ2n) is 5.94. The lowest BCUT2D eigenvalue weighted by atomic mass is 10.1. The van der Waals surface area contributed by atoms with E-state index in [1.165, 1.54) is 11.1 Å². The number of aryl methyl sites for hydroxylation is 2. The predicted octanol–water partition coefficient (Wildman–Crippen LogP) is 3.44. The highest BCUT2D eigenvalue weighted by atomic mass is 16.5. The highest BCUT2D eigenvalue weighted by Gasteiger charge is 2.06. The summed E-state index contributed by atoms with van der Waals surface area (Å²) in [6.45, 7) is 5.22. The first kappa shape index (κ1) is 18.6. The van der Waals surface area contributed by atoms with Crippen LogP contribution in [0.3, 0.4) is 0 Å². The summed E-state index contributed by atoms with van der Waals surface area (Å²) in [4.78, 5) is 12.0. The van der Waals surface area contributed by atoms with E-state index in [2.05, 4.69) is 36.6 Å². The van der Waals surface area contributed by atoms with Gasteiger partial charge in [-0.15, -0.1) is 0 Å². The number of carbonyl (C=O) groups is 1. The van der Waals surface area contributed by atoms with Crippen molar-refractivity contribution in [2.45, 2.75) is 26.8 Å². The zero-order valence-electron chi connectivity index (χ0n) is 15.3. The second kappa shape index (κ2) is 8.97. The first-order valence-corrected chi connectivity index (χ1v) is 8.32. The van der Waals surface area contributed by atoms with Crippen LogP contribution in [0.5, 0.6) is 11.5 Å². The van der Waals surface area contributed by atoms with Gasteiger partial charge >= 0.3 is 0 Å². The molecule has 5 nitrogen and oxygen atoms in total. The van der Waals surface area contributed by atoms with Gasteiger partial charge in [-0.2, -0.15) is 0 Å². The van der Waals surface area contributed by atoms with Crippen molar-refractivity contribution in [3.05, 3.63) is 53.1 Å². The molecular weight excluding hydrogens is 316 g/mol. The standard InChI is InChI=1S/C20H26N2O3/c1-14-5-7-17(11-15(14)2)21-10-9-20(23)22-13-16-6-8-18(24-3)19(12-16)25-4/h5-8,11-12,21H,9-10,13H2,1-4H3,(H,22,23). The molecule has 5 heteroatoms. The van der Waals surface area contributed by atoms with E-state index in [-0.39, 0.29) is 5.91 Å². The number of rotatable bonds is 8. The van der Waals surface area contributed by atoms with Crippen LogP contribution in [0, 0.1) is 13.8 Å². The average Bonchev–Trinajstić information content (AvgIpc) is 2.62. The van der Waals surface area contributed by atoms with E-state index in [0.717, 1.165) is 11.3 Å². The van der Waals surface area contributed by atoms with Crippen LogP contribution in [0.15, 0.2) is 36.4 Å². The zero-order chi connectivity index (χ0) is 18.2. The smallest absolute Gasteiger partial charge is 0.222 e. The summed E-state index contributed by atoms with van der Waals surface area (Å²) in [7, 11) is 3.19. The van der Waals surface area contributed by atoms with E-state index >= 15 is 0 Å². The molecule has 0 unspecified atom stereocenters. The fourth-order valence-electron chi connectivity index (χ4n) is 2.45. The lowest BCUT2D eigenvalue weighted by molar-refractivity contribution is -0.121. The van der Waals surface area contributed by atoms with Crippen LogP contribution in [-0.2, 0) is 11.3 Å². The Morgan fingerprint density at radius 2 is 1.72 bits per heavy atom. The van der Waals surface area contributed by atoms with Crippen LogP contribution in [0.4, 0.5) is 5.69 Å². The molecule has 0 atom stereocenters. The van der Waals surface area contributed by atoms with Gasteiger partial charge in [0.15, 0.2) is 11.5 Å². The number of benzene rings is 2. The molecule has 0 fully saturated rings. The SMILES string of the molecule is COc1ccc(CNC(=O)CCNc2ccc(C)c(C)c2)cc1OC.